The largest absolute Gasteiger partial charge is 0.416 e. The van der Waals surface area contributed by atoms with Gasteiger partial charge >= 0.3 is 6.18 Å². The van der Waals surface area contributed by atoms with Gasteiger partial charge in [0.15, 0.2) is 0 Å². The van der Waals surface area contributed by atoms with Crippen LogP contribution in [0.2, 0.25) is 0 Å². The molecule has 0 atom stereocenters. The van der Waals surface area contributed by atoms with Crippen molar-refractivity contribution in [2.24, 2.45) is 0 Å². The minimum Gasteiger partial charge on any atom is -0.373 e. The second-order valence-corrected chi connectivity index (χ2v) is 5.20. The SMILES string of the molecule is CNc1cc(C(F)(F)F)cc(NCCN2CCCCC2)n1. The average Bonchev–Trinajstić information content (AvgIpc) is 2.47. The molecule has 0 unspecified atom stereocenters. The van der Waals surface area contributed by atoms with Crippen molar-refractivity contribution in [3.8, 4) is 0 Å². The van der Waals surface area contributed by atoms with Crippen molar-refractivity contribution in [1.29, 1.82) is 0 Å². The van der Waals surface area contributed by atoms with Gasteiger partial charge in [-0.25, -0.2) is 4.98 Å². The number of anilines is 2. The van der Waals surface area contributed by atoms with E-state index in [1.54, 1.807) is 7.05 Å². The molecule has 118 valence electrons. The third-order valence-electron chi connectivity index (χ3n) is 3.59. The number of hydrogen-bond acceptors (Lipinski definition) is 4. The highest BCUT2D eigenvalue weighted by molar-refractivity contribution is 5.49. The Labute approximate surface area is 122 Å². The molecular formula is C14H21F3N4. The van der Waals surface area contributed by atoms with Gasteiger partial charge in [-0.05, 0) is 38.1 Å². The minimum absolute atomic E-state index is 0.213. The summed E-state index contributed by atoms with van der Waals surface area (Å²) in [7, 11) is 1.56. The summed E-state index contributed by atoms with van der Waals surface area (Å²) in [4.78, 5) is 6.43. The van der Waals surface area contributed by atoms with E-state index in [1.807, 2.05) is 0 Å². The van der Waals surface area contributed by atoms with E-state index in [2.05, 4.69) is 20.5 Å². The number of aromatic nitrogens is 1. The van der Waals surface area contributed by atoms with Crippen molar-refractivity contribution in [1.82, 2.24) is 9.88 Å². The number of nitrogens with zero attached hydrogens (tertiary/aromatic N) is 2. The van der Waals surface area contributed by atoms with Crippen molar-refractivity contribution in [3.63, 3.8) is 0 Å². The molecule has 1 saturated heterocycles. The first-order valence-corrected chi connectivity index (χ1v) is 7.22. The molecule has 0 aromatic carbocycles. The Morgan fingerprint density at radius 2 is 1.81 bits per heavy atom. The van der Waals surface area contributed by atoms with E-state index < -0.39 is 11.7 Å². The molecule has 0 amide bonds. The molecule has 0 spiro atoms. The number of alkyl halides is 3. The first-order valence-electron chi connectivity index (χ1n) is 7.22. The van der Waals surface area contributed by atoms with Crippen molar-refractivity contribution in [2.75, 3.05) is 43.9 Å². The molecule has 2 N–H and O–H groups in total. The Kier molecular flexibility index (Phi) is 5.27. The normalized spacial score (nSPS) is 16.8. The lowest BCUT2D eigenvalue weighted by Crippen LogP contribution is -2.33. The first-order chi connectivity index (χ1) is 9.99. The monoisotopic (exact) mass is 302 g/mol. The maximum atomic E-state index is 12.8. The fourth-order valence-electron chi connectivity index (χ4n) is 2.44. The fourth-order valence-corrected chi connectivity index (χ4v) is 2.44. The van der Waals surface area contributed by atoms with Crippen LogP contribution in [0, 0.1) is 0 Å². The molecule has 0 aliphatic carbocycles. The Bertz CT molecular complexity index is 456. The van der Waals surface area contributed by atoms with Crippen LogP contribution in [-0.4, -0.2) is 43.1 Å². The first kappa shape index (κ1) is 15.9. The summed E-state index contributed by atoms with van der Waals surface area (Å²) in [6.45, 7) is 3.56. The summed E-state index contributed by atoms with van der Waals surface area (Å²) in [5.41, 5.74) is -0.692. The predicted molar refractivity (Wildman–Crippen MR) is 77.6 cm³/mol. The van der Waals surface area contributed by atoms with Gasteiger partial charge in [0.2, 0.25) is 0 Å². The predicted octanol–water partition coefficient (Wildman–Crippen LogP) is 3.04. The summed E-state index contributed by atoms with van der Waals surface area (Å²) < 4.78 is 38.4. The fraction of sp³-hybridized carbons (Fsp3) is 0.643. The maximum Gasteiger partial charge on any atom is 0.416 e. The highest BCUT2D eigenvalue weighted by Gasteiger charge is 2.31. The second kappa shape index (κ2) is 6.98. The zero-order chi connectivity index (χ0) is 15.3. The van der Waals surface area contributed by atoms with Gasteiger partial charge < -0.3 is 15.5 Å². The molecule has 21 heavy (non-hydrogen) atoms. The second-order valence-electron chi connectivity index (χ2n) is 5.20. The standard InChI is InChI=1S/C14H21F3N4/c1-18-12-9-11(14(15,16)17)10-13(20-12)19-5-8-21-6-3-2-4-7-21/h9-10H,2-8H2,1H3,(H2,18,19,20). The van der Waals surface area contributed by atoms with Gasteiger partial charge in [0, 0.05) is 20.1 Å². The van der Waals surface area contributed by atoms with Gasteiger partial charge in [0.1, 0.15) is 11.6 Å². The van der Waals surface area contributed by atoms with E-state index in [1.165, 1.54) is 19.3 Å². The Morgan fingerprint density at radius 3 is 2.43 bits per heavy atom. The molecule has 4 nitrogen and oxygen atoms in total. The van der Waals surface area contributed by atoms with E-state index >= 15 is 0 Å². The van der Waals surface area contributed by atoms with Gasteiger partial charge in [0.05, 0.1) is 5.56 Å². The summed E-state index contributed by atoms with van der Waals surface area (Å²) in [5.74, 6) is 0.469. The van der Waals surface area contributed by atoms with Crippen LogP contribution in [0.5, 0.6) is 0 Å². The minimum atomic E-state index is -4.36. The summed E-state index contributed by atoms with van der Waals surface area (Å²) >= 11 is 0. The lowest BCUT2D eigenvalue weighted by molar-refractivity contribution is -0.137. The molecule has 2 heterocycles. The number of piperidine rings is 1. The number of likely N-dealkylation sites (tertiary alicyclic amines) is 1. The van der Waals surface area contributed by atoms with Crippen LogP contribution < -0.4 is 10.6 Å². The molecule has 1 aromatic rings. The van der Waals surface area contributed by atoms with Gasteiger partial charge in [0.25, 0.3) is 0 Å². The van der Waals surface area contributed by atoms with Crippen molar-refractivity contribution >= 4 is 11.6 Å². The van der Waals surface area contributed by atoms with Gasteiger partial charge in [-0.15, -0.1) is 0 Å². The van der Waals surface area contributed by atoms with Crippen molar-refractivity contribution in [2.45, 2.75) is 25.4 Å². The Hall–Kier alpha value is -1.50. The van der Waals surface area contributed by atoms with E-state index in [4.69, 9.17) is 0 Å². The lowest BCUT2D eigenvalue weighted by atomic mass is 10.1. The molecule has 1 aromatic heterocycles. The Morgan fingerprint density at radius 1 is 1.14 bits per heavy atom. The average molecular weight is 302 g/mol. The number of hydrogen-bond donors (Lipinski definition) is 2. The number of rotatable bonds is 5. The van der Waals surface area contributed by atoms with Crippen LogP contribution in [0.25, 0.3) is 0 Å². The summed E-state index contributed by atoms with van der Waals surface area (Å²) in [5, 5.41) is 5.64. The molecular weight excluding hydrogens is 281 g/mol. The van der Waals surface area contributed by atoms with Gasteiger partial charge in [-0.2, -0.15) is 13.2 Å². The highest BCUT2D eigenvalue weighted by Crippen LogP contribution is 2.31. The Balaban J connectivity index is 1.95. The number of nitrogens with one attached hydrogen (secondary N) is 2. The quantitative estimate of drug-likeness (QED) is 0.877. The number of pyridine rings is 1. The molecule has 2 rings (SSSR count). The molecule has 7 heteroatoms. The van der Waals surface area contributed by atoms with E-state index in [0.717, 1.165) is 31.8 Å². The molecule has 0 bridgehead atoms. The van der Waals surface area contributed by atoms with Crippen LogP contribution in [0.15, 0.2) is 12.1 Å². The molecule has 1 aliphatic rings. The molecule has 1 aliphatic heterocycles. The molecule has 0 saturated carbocycles. The third kappa shape index (κ3) is 4.77. The molecule has 0 radical (unpaired) electrons. The summed E-state index contributed by atoms with van der Waals surface area (Å²) in [6.07, 6.45) is -0.695. The topological polar surface area (TPSA) is 40.2 Å². The van der Waals surface area contributed by atoms with Gasteiger partial charge in [-0.1, -0.05) is 6.42 Å². The van der Waals surface area contributed by atoms with Crippen LogP contribution in [0.1, 0.15) is 24.8 Å². The smallest absolute Gasteiger partial charge is 0.373 e. The lowest BCUT2D eigenvalue weighted by Gasteiger charge is -2.26. The van der Waals surface area contributed by atoms with Crippen molar-refractivity contribution in [3.05, 3.63) is 17.7 Å². The van der Waals surface area contributed by atoms with Crippen molar-refractivity contribution < 1.29 is 13.2 Å². The van der Waals surface area contributed by atoms with Crippen LogP contribution >= 0.6 is 0 Å². The van der Waals surface area contributed by atoms with Crippen LogP contribution in [-0.2, 0) is 6.18 Å². The zero-order valence-corrected chi connectivity index (χ0v) is 12.1. The van der Waals surface area contributed by atoms with E-state index in [9.17, 15) is 13.2 Å². The van der Waals surface area contributed by atoms with Crippen LogP contribution in [0.3, 0.4) is 0 Å². The van der Waals surface area contributed by atoms with Crippen LogP contribution in [0.4, 0.5) is 24.8 Å². The van der Waals surface area contributed by atoms with E-state index in [-0.39, 0.29) is 11.6 Å². The van der Waals surface area contributed by atoms with E-state index in [0.29, 0.717) is 6.54 Å². The van der Waals surface area contributed by atoms with Gasteiger partial charge in [-0.3, -0.25) is 0 Å². The number of halogens is 3. The maximum absolute atomic E-state index is 12.8. The summed E-state index contributed by atoms with van der Waals surface area (Å²) in [6, 6.07) is 2.06. The zero-order valence-electron chi connectivity index (χ0n) is 12.1. The third-order valence-corrected chi connectivity index (χ3v) is 3.59. The highest BCUT2D eigenvalue weighted by atomic mass is 19.4. The molecule has 1 fully saturated rings.